The number of halogens is 1. The summed E-state index contributed by atoms with van der Waals surface area (Å²) in [4.78, 5) is 16.2. The summed E-state index contributed by atoms with van der Waals surface area (Å²) in [6.07, 6.45) is 5.06. The quantitative estimate of drug-likeness (QED) is 0.526. The lowest BCUT2D eigenvalue weighted by Gasteiger charge is -2.13. The van der Waals surface area contributed by atoms with Crippen LogP contribution in [0.15, 0.2) is 36.7 Å². The van der Waals surface area contributed by atoms with Crippen LogP contribution in [0.2, 0.25) is 0 Å². The molecular weight excluding hydrogens is 346 g/mol. The lowest BCUT2D eigenvalue weighted by molar-refractivity contribution is 0.0499. The van der Waals surface area contributed by atoms with Crippen LogP contribution in [0.4, 0.5) is 0 Å². The molecule has 2 aromatic rings. The van der Waals surface area contributed by atoms with E-state index < -0.39 is 5.97 Å². The fraction of sp³-hybridized carbons (Fsp3) is 0.333. The molecule has 0 saturated carbocycles. The SMILES string of the molecule is COc1cc(C(=O)OCCCc2ccncc2)cc(OC)c1OC.Cl. The fourth-order valence-corrected chi connectivity index (χ4v) is 2.27. The number of hydrogen-bond acceptors (Lipinski definition) is 6. The second-order valence-electron chi connectivity index (χ2n) is 5.01. The molecule has 0 bridgehead atoms. The Labute approximate surface area is 153 Å². The van der Waals surface area contributed by atoms with Crippen molar-refractivity contribution in [3.8, 4) is 17.2 Å². The second-order valence-corrected chi connectivity index (χ2v) is 5.01. The second kappa shape index (κ2) is 10.4. The molecule has 25 heavy (non-hydrogen) atoms. The average molecular weight is 368 g/mol. The lowest BCUT2D eigenvalue weighted by Crippen LogP contribution is -2.08. The maximum atomic E-state index is 12.2. The van der Waals surface area contributed by atoms with E-state index in [0.29, 0.717) is 29.4 Å². The summed E-state index contributed by atoms with van der Waals surface area (Å²) >= 11 is 0. The van der Waals surface area contributed by atoms with E-state index in [-0.39, 0.29) is 12.4 Å². The number of carbonyl (C=O) groups is 1. The third-order valence-corrected chi connectivity index (χ3v) is 3.49. The maximum Gasteiger partial charge on any atom is 0.338 e. The van der Waals surface area contributed by atoms with E-state index in [2.05, 4.69) is 4.98 Å². The summed E-state index contributed by atoms with van der Waals surface area (Å²) in [6.45, 7) is 0.331. The number of benzene rings is 1. The van der Waals surface area contributed by atoms with Crippen molar-refractivity contribution in [2.45, 2.75) is 12.8 Å². The first-order chi connectivity index (χ1) is 11.7. The molecular formula is C18H22ClNO5. The summed E-state index contributed by atoms with van der Waals surface area (Å²) in [7, 11) is 4.51. The van der Waals surface area contributed by atoms with E-state index in [1.54, 1.807) is 24.5 Å². The fourth-order valence-electron chi connectivity index (χ4n) is 2.27. The highest BCUT2D eigenvalue weighted by Gasteiger charge is 2.17. The summed E-state index contributed by atoms with van der Waals surface area (Å²) in [5.41, 5.74) is 1.52. The van der Waals surface area contributed by atoms with E-state index in [4.69, 9.17) is 18.9 Å². The van der Waals surface area contributed by atoms with Crippen molar-refractivity contribution in [3.05, 3.63) is 47.8 Å². The molecule has 0 N–H and O–H groups in total. The standard InChI is InChI=1S/C18H21NO5.ClH/c1-21-15-11-14(12-16(22-2)17(15)23-3)18(20)24-10-4-5-13-6-8-19-9-7-13;/h6-9,11-12H,4-5,10H2,1-3H3;1H. The van der Waals surface area contributed by atoms with Gasteiger partial charge in [0.2, 0.25) is 5.75 Å². The van der Waals surface area contributed by atoms with Gasteiger partial charge < -0.3 is 18.9 Å². The molecule has 0 fully saturated rings. The summed E-state index contributed by atoms with van der Waals surface area (Å²) in [5.74, 6) is 0.847. The van der Waals surface area contributed by atoms with Crippen LogP contribution in [0.1, 0.15) is 22.3 Å². The number of carbonyl (C=O) groups excluding carboxylic acids is 1. The number of methoxy groups -OCH3 is 3. The van der Waals surface area contributed by atoms with Gasteiger partial charge in [-0.05, 0) is 42.7 Å². The molecule has 136 valence electrons. The van der Waals surface area contributed by atoms with Crippen molar-refractivity contribution in [1.82, 2.24) is 4.98 Å². The topological polar surface area (TPSA) is 66.9 Å². The Morgan fingerprint density at radius 2 is 1.60 bits per heavy atom. The Hall–Kier alpha value is -2.47. The molecule has 1 aromatic heterocycles. The molecule has 6 nitrogen and oxygen atoms in total. The van der Waals surface area contributed by atoms with Gasteiger partial charge in [0.25, 0.3) is 0 Å². The van der Waals surface area contributed by atoms with Gasteiger partial charge in [-0.3, -0.25) is 4.98 Å². The van der Waals surface area contributed by atoms with Crippen molar-refractivity contribution < 1.29 is 23.7 Å². The molecule has 2 rings (SSSR count). The molecule has 0 aliphatic rings. The van der Waals surface area contributed by atoms with Gasteiger partial charge in [-0.2, -0.15) is 0 Å². The van der Waals surface area contributed by atoms with Gasteiger partial charge in [0, 0.05) is 12.4 Å². The molecule has 0 atom stereocenters. The zero-order valence-corrected chi connectivity index (χ0v) is 15.3. The van der Waals surface area contributed by atoms with Gasteiger partial charge >= 0.3 is 5.97 Å². The number of rotatable bonds is 8. The van der Waals surface area contributed by atoms with Gasteiger partial charge in [0.05, 0.1) is 33.5 Å². The average Bonchev–Trinajstić information content (AvgIpc) is 2.64. The van der Waals surface area contributed by atoms with Crippen LogP contribution in [-0.2, 0) is 11.2 Å². The third kappa shape index (κ3) is 5.53. The number of aryl methyl sites for hydroxylation is 1. The lowest BCUT2D eigenvalue weighted by atomic mass is 10.1. The van der Waals surface area contributed by atoms with Gasteiger partial charge in [-0.1, -0.05) is 0 Å². The largest absolute Gasteiger partial charge is 0.493 e. The predicted molar refractivity (Wildman–Crippen MR) is 96.2 cm³/mol. The third-order valence-electron chi connectivity index (χ3n) is 3.49. The Balaban J connectivity index is 0.00000312. The van der Waals surface area contributed by atoms with E-state index in [0.717, 1.165) is 18.4 Å². The summed E-state index contributed by atoms with van der Waals surface area (Å²) in [5, 5.41) is 0. The Morgan fingerprint density at radius 3 is 2.12 bits per heavy atom. The highest BCUT2D eigenvalue weighted by Crippen LogP contribution is 2.38. The Morgan fingerprint density at radius 1 is 1.00 bits per heavy atom. The molecule has 0 radical (unpaired) electrons. The minimum absolute atomic E-state index is 0. The Bertz CT molecular complexity index is 653. The van der Waals surface area contributed by atoms with Crippen molar-refractivity contribution in [3.63, 3.8) is 0 Å². The number of pyridine rings is 1. The van der Waals surface area contributed by atoms with Crippen LogP contribution in [-0.4, -0.2) is 38.9 Å². The number of hydrogen-bond donors (Lipinski definition) is 0. The maximum absolute atomic E-state index is 12.2. The zero-order valence-electron chi connectivity index (χ0n) is 14.5. The molecule has 0 unspecified atom stereocenters. The minimum Gasteiger partial charge on any atom is -0.493 e. The van der Waals surface area contributed by atoms with Crippen molar-refractivity contribution in [1.29, 1.82) is 0 Å². The highest BCUT2D eigenvalue weighted by atomic mass is 35.5. The normalized spacial score (nSPS) is 9.72. The van der Waals surface area contributed by atoms with E-state index >= 15 is 0 Å². The van der Waals surface area contributed by atoms with Crippen molar-refractivity contribution in [2.75, 3.05) is 27.9 Å². The molecule has 1 aromatic carbocycles. The highest BCUT2D eigenvalue weighted by molar-refractivity contribution is 5.91. The molecule has 0 aliphatic heterocycles. The Kier molecular flexibility index (Phi) is 8.56. The molecule has 0 saturated heterocycles. The van der Waals surface area contributed by atoms with E-state index in [9.17, 15) is 4.79 Å². The number of aromatic nitrogens is 1. The summed E-state index contributed by atoms with van der Waals surface area (Å²) < 4.78 is 21.0. The van der Waals surface area contributed by atoms with Crippen LogP contribution >= 0.6 is 12.4 Å². The number of nitrogens with zero attached hydrogens (tertiary/aromatic N) is 1. The first-order valence-electron chi connectivity index (χ1n) is 7.55. The molecule has 1 heterocycles. The van der Waals surface area contributed by atoms with Gasteiger partial charge in [-0.15, -0.1) is 12.4 Å². The number of esters is 1. The van der Waals surface area contributed by atoms with Crippen LogP contribution in [0.5, 0.6) is 17.2 Å². The zero-order chi connectivity index (χ0) is 17.4. The van der Waals surface area contributed by atoms with E-state index in [1.807, 2.05) is 12.1 Å². The smallest absolute Gasteiger partial charge is 0.338 e. The molecule has 0 spiro atoms. The summed E-state index contributed by atoms with van der Waals surface area (Å²) in [6, 6.07) is 7.04. The van der Waals surface area contributed by atoms with Crippen molar-refractivity contribution >= 4 is 18.4 Å². The van der Waals surface area contributed by atoms with Crippen LogP contribution in [0.25, 0.3) is 0 Å². The first kappa shape index (κ1) is 20.6. The van der Waals surface area contributed by atoms with Crippen molar-refractivity contribution in [2.24, 2.45) is 0 Å². The van der Waals surface area contributed by atoms with Crippen LogP contribution in [0.3, 0.4) is 0 Å². The van der Waals surface area contributed by atoms with Gasteiger partial charge in [-0.25, -0.2) is 4.79 Å². The van der Waals surface area contributed by atoms with Gasteiger partial charge in [0.1, 0.15) is 0 Å². The minimum atomic E-state index is -0.427. The molecule has 7 heteroatoms. The van der Waals surface area contributed by atoms with Gasteiger partial charge in [0.15, 0.2) is 11.5 Å². The molecule has 0 amide bonds. The predicted octanol–water partition coefficient (Wildman–Crippen LogP) is 3.32. The molecule has 0 aliphatic carbocycles. The first-order valence-corrected chi connectivity index (χ1v) is 7.55. The number of ether oxygens (including phenoxy) is 4. The van der Waals surface area contributed by atoms with Crippen LogP contribution < -0.4 is 14.2 Å². The van der Waals surface area contributed by atoms with Crippen LogP contribution in [0, 0.1) is 0 Å². The van der Waals surface area contributed by atoms with E-state index in [1.165, 1.54) is 21.3 Å². The monoisotopic (exact) mass is 367 g/mol.